The summed E-state index contributed by atoms with van der Waals surface area (Å²) in [4.78, 5) is 6.93. The minimum atomic E-state index is -0.472. The van der Waals surface area contributed by atoms with E-state index in [4.69, 9.17) is 0 Å². The van der Waals surface area contributed by atoms with Crippen molar-refractivity contribution in [1.82, 2.24) is 4.98 Å². The molecule has 0 aliphatic heterocycles. The molecule has 10 aromatic rings. The lowest BCUT2D eigenvalue weighted by molar-refractivity contribution is 0.795. The van der Waals surface area contributed by atoms with Crippen LogP contribution < -0.4 is 4.90 Å². The summed E-state index contributed by atoms with van der Waals surface area (Å²) < 4.78 is 0. The normalized spacial score (nSPS) is 14.4. The molecule has 0 N–H and O–H groups in total. The molecule has 1 atom stereocenters. The monoisotopic (exact) mass is 762 g/mol. The Morgan fingerprint density at radius 2 is 0.850 bits per heavy atom. The quantitative estimate of drug-likeness (QED) is 0.168. The van der Waals surface area contributed by atoms with Crippen molar-refractivity contribution in [1.29, 1.82) is 0 Å². The fourth-order valence-electron chi connectivity index (χ4n) is 10.1. The number of fused-ring (bicyclic) bond motifs is 11. The molecule has 280 valence electrons. The van der Waals surface area contributed by atoms with Gasteiger partial charge in [0.25, 0.3) is 0 Å². The van der Waals surface area contributed by atoms with Crippen LogP contribution in [0, 0.1) is 0 Å². The Hall–Kier alpha value is -7.81. The Morgan fingerprint density at radius 3 is 1.50 bits per heavy atom. The third-order valence-electron chi connectivity index (χ3n) is 12.8. The lowest BCUT2D eigenvalue weighted by Crippen LogP contribution is -2.25. The fraction of sp³-hybridized carbons (Fsp3) is 0.0172. The van der Waals surface area contributed by atoms with Gasteiger partial charge in [-0.25, -0.2) is 0 Å². The highest BCUT2D eigenvalue weighted by molar-refractivity contribution is 6.03. The highest BCUT2D eigenvalue weighted by Gasteiger charge is 2.52. The average molecular weight is 763 g/mol. The van der Waals surface area contributed by atoms with Crippen LogP contribution in [0.1, 0.15) is 22.3 Å². The molecule has 0 saturated carbocycles. The molecule has 2 aliphatic carbocycles. The summed E-state index contributed by atoms with van der Waals surface area (Å²) in [7, 11) is 0. The maximum absolute atomic E-state index is 4.54. The van der Waals surface area contributed by atoms with Crippen molar-refractivity contribution in [2.45, 2.75) is 5.41 Å². The van der Waals surface area contributed by atoms with Gasteiger partial charge in [-0.05, 0) is 138 Å². The van der Waals surface area contributed by atoms with Crippen LogP contribution in [0.5, 0.6) is 0 Å². The van der Waals surface area contributed by atoms with Crippen molar-refractivity contribution in [2.75, 3.05) is 4.90 Å². The van der Waals surface area contributed by atoms with Crippen molar-refractivity contribution in [3.05, 3.63) is 253 Å². The van der Waals surface area contributed by atoms with Crippen LogP contribution >= 0.6 is 0 Å². The summed E-state index contributed by atoms with van der Waals surface area (Å²) in [5, 5.41) is 2.43. The zero-order valence-electron chi connectivity index (χ0n) is 32.8. The molecule has 60 heavy (non-hydrogen) atoms. The maximum atomic E-state index is 4.54. The van der Waals surface area contributed by atoms with E-state index in [0.717, 1.165) is 22.6 Å². The predicted octanol–water partition coefficient (Wildman–Crippen LogP) is 15.0. The van der Waals surface area contributed by atoms with Crippen LogP contribution in [0.15, 0.2) is 231 Å². The van der Waals surface area contributed by atoms with Crippen molar-refractivity contribution >= 4 is 27.8 Å². The molecular weight excluding hydrogens is 725 g/mol. The second kappa shape index (κ2) is 13.7. The molecule has 12 rings (SSSR count). The molecule has 2 heteroatoms. The fourth-order valence-corrected chi connectivity index (χ4v) is 10.1. The average Bonchev–Trinajstić information content (AvgIpc) is 3.79. The van der Waals surface area contributed by atoms with Crippen LogP contribution in [0.3, 0.4) is 0 Å². The smallest absolute Gasteiger partial charge is 0.0725 e. The molecule has 0 saturated heterocycles. The number of hydrogen-bond acceptors (Lipinski definition) is 2. The lowest BCUT2D eigenvalue weighted by atomic mass is 9.70. The Balaban J connectivity index is 1.06. The first-order valence-electron chi connectivity index (χ1n) is 20.7. The van der Waals surface area contributed by atoms with Gasteiger partial charge < -0.3 is 4.90 Å². The van der Waals surface area contributed by atoms with Crippen LogP contribution in [0.4, 0.5) is 17.1 Å². The number of rotatable bonds is 6. The molecule has 2 nitrogen and oxygen atoms in total. The number of hydrogen-bond donors (Lipinski definition) is 0. The largest absolute Gasteiger partial charge is 0.310 e. The van der Waals surface area contributed by atoms with Gasteiger partial charge in [0.2, 0.25) is 0 Å². The van der Waals surface area contributed by atoms with Gasteiger partial charge in [-0.3, -0.25) is 4.98 Å². The highest BCUT2D eigenvalue weighted by Crippen LogP contribution is 2.64. The van der Waals surface area contributed by atoms with Gasteiger partial charge in [0.1, 0.15) is 0 Å². The number of benzene rings is 9. The summed E-state index contributed by atoms with van der Waals surface area (Å²) in [5.41, 5.74) is 20.5. The van der Waals surface area contributed by atoms with Gasteiger partial charge in [0.05, 0.1) is 5.41 Å². The highest BCUT2D eigenvalue weighted by atomic mass is 15.1. The molecule has 0 bridgehead atoms. The Labute approximate surface area is 350 Å². The predicted molar refractivity (Wildman–Crippen MR) is 249 cm³/mol. The molecule has 9 aromatic carbocycles. The summed E-state index contributed by atoms with van der Waals surface area (Å²) in [6, 6.07) is 80.2. The third kappa shape index (κ3) is 5.17. The van der Waals surface area contributed by atoms with Gasteiger partial charge in [0.15, 0.2) is 0 Å². The topological polar surface area (TPSA) is 16.1 Å². The third-order valence-corrected chi connectivity index (χ3v) is 12.8. The first kappa shape index (κ1) is 34.3. The van der Waals surface area contributed by atoms with Crippen molar-refractivity contribution in [2.24, 2.45) is 0 Å². The van der Waals surface area contributed by atoms with Crippen LogP contribution in [-0.4, -0.2) is 4.98 Å². The van der Waals surface area contributed by atoms with Crippen LogP contribution in [0.2, 0.25) is 0 Å². The number of anilines is 3. The van der Waals surface area contributed by atoms with Crippen LogP contribution in [-0.2, 0) is 5.41 Å². The first-order chi connectivity index (χ1) is 29.8. The van der Waals surface area contributed by atoms with E-state index in [0.29, 0.717) is 0 Å². The van der Waals surface area contributed by atoms with E-state index in [9.17, 15) is 0 Å². The molecule has 1 aromatic heterocycles. The summed E-state index contributed by atoms with van der Waals surface area (Å²) in [6.45, 7) is 0. The van der Waals surface area contributed by atoms with Crippen molar-refractivity contribution in [3.63, 3.8) is 0 Å². The number of nitrogens with zero attached hydrogens (tertiary/aromatic N) is 2. The molecule has 1 unspecified atom stereocenters. The molecule has 0 fully saturated rings. The van der Waals surface area contributed by atoms with E-state index < -0.39 is 5.41 Å². The van der Waals surface area contributed by atoms with E-state index >= 15 is 0 Å². The lowest BCUT2D eigenvalue weighted by Gasteiger charge is -2.31. The molecule has 1 spiro atoms. The minimum absolute atomic E-state index is 0.472. The first-order valence-corrected chi connectivity index (χ1v) is 20.7. The zero-order valence-corrected chi connectivity index (χ0v) is 32.8. The number of aromatic nitrogens is 1. The standard InChI is InChI=1S/C58H38N2/c1-3-13-39(14-4-1)41-24-29-46(30-25-41)60(47-31-26-42(27-32-47)40-15-5-2-6-16-40)48-33-28-43-36-52-50-18-7-9-21-53(50)58(56(52)37-45(43)35-48)54-22-10-8-19-51(54)57-49(20-11-23-55(57)58)44-17-12-34-59-38-44/h1-38H. The van der Waals surface area contributed by atoms with Gasteiger partial charge in [0, 0.05) is 35.0 Å². The maximum Gasteiger partial charge on any atom is 0.0725 e. The van der Waals surface area contributed by atoms with Crippen LogP contribution in [0.25, 0.3) is 66.4 Å². The second-order valence-corrected chi connectivity index (χ2v) is 15.9. The van der Waals surface area contributed by atoms with Gasteiger partial charge >= 0.3 is 0 Å². The summed E-state index contributed by atoms with van der Waals surface area (Å²) in [5.74, 6) is 0. The van der Waals surface area contributed by atoms with Gasteiger partial charge in [-0.2, -0.15) is 0 Å². The van der Waals surface area contributed by atoms with Crippen molar-refractivity contribution in [3.8, 4) is 55.6 Å². The summed E-state index contributed by atoms with van der Waals surface area (Å²) in [6.07, 6.45) is 3.84. The second-order valence-electron chi connectivity index (χ2n) is 15.9. The Kier molecular flexibility index (Phi) is 7.79. The van der Waals surface area contributed by atoms with E-state index in [1.54, 1.807) is 0 Å². The van der Waals surface area contributed by atoms with E-state index in [-0.39, 0.29) is 0 Å². The van der Waals surface area contributed by atoms with E-state index in [1.165, 1.54) is 83.1 Å². The minimum Gasteiger partial charge on any atom is -0.310 e. The number of pyridine rings is 1. The van der Waals surface area contributed by atoms with E-state index in [1.807, 2.05) is 18.5 Å². The zero-order chi connectivity index (χ0) is 39.6. The molecule has 2 aliphatic rings. The molecular formula is C58H38N2. The van der Waals surface area contributed by atoms with Gasteiger partial charge in [-0.1, -0.05) is 164 Å². The van der Waals surface area contributed by atoms with Gasteiger partial charge in [-0.15, -0.1) is 0 Å². The summed E-state index contributed by atoms with van der Waals surface area (Å²) >= 11 is 0. The Morgan fingerprint density at radius 1 is 0.317 bits per heavy atom. The van der Waals surface area contributed by atoms with E-state index in [2.05, 4.69) is 222 Å². The Bertz CT molecular complexity index is 3140. The molecule has 1 heterocycles. The SMILES string of the molecule is c1ccc(-c2ccc(N(c3ccc(-c4ccccc4)cc3)c3ccc4cc5c(cc4c3)C3(c4ccccc4-5)c4ccccc4-c4c(-c5cccnc5)cccc43)cc2)cc1. The molecule has 0 amide bonds. The molecule has 0 radical (unpaired) electrons. The van der Waals surface area contributed by atoms with Crippen molar-refractivity contribution < 1.29 is 0 Å².